The normalized spacial score (nSPS) is 22.8. The van der Waals surface area contributed by atoms with Crippen molar-refractivity contribution in [1.29, 1.82) is 0 Å². The summed E-state index contributed by atoms with van der Waals surface area (Å²) in [6.45, 7) is 7.48. The van der Waals surface area contributed by atoms with Crippen molar-refractivity contribution in [3.8, 4) is 0 Å². The summed E-state index contributed by atoms with van der Waals surface area (Å²) in [6.07, 6.45) is 0. The lowest BCUT2D eigenvalue weighted by Gasteiger charge is -2.38. The van der Waals surface area contributed by atoms with E-state index in [0.717, 1.165) is 35.3 Å². The van der Waals surface area contributed by atoms with Crippen molar-refractivity contribution in [2.75, 3.05) is 31.6 Å². The summed E-state index contributed by atoms with van der Waals surface area (Å²) < 4.78 is 0. The Bertz CT molecular complexity index is 366. The van der Waals surface area contributed by atoms with Crippen LogP contribution in [0.2, 0.25) is 0 Å². The number of hydrogen-bond acceptors (Lipinski definition) is 5. The van der Waals surface area contributed by atoms with Gasteiger partial charge in [0.05, 0.1) is 17.2 Å². The number of nitrogens with zero attached hydrogens (tertiary/aromatic N) is 3. The smallest absolute Gasteiger partial charge is 0.186 e. The summed E-state index contributed by atoms with van der Waals surface area (Å²) in [6, 6.07) is 0.496. The number of rotatable bonds is 2. The summed E-state index contributed by atoms with van der Waals surface area (Å²) in [4.78, 5) is 10.2. The van der Waals surface area contributed by atoms with Gasteiger partial charge in [0.15, 0.2) is 5.13 Å². The van der Waals surface area contributed by atoms with Crippen LogP contribution in [-0.2, 0) is 6.61 Å². The number of likely N-dealkylation sites (N-methyl/N-ethyl adjacent to an activating group) is 1. The van der Waals surface area contributed by atoms with Crippen LogP contribution >= 0.6 is 11.3 Å². The molecule has 90 valence electrons. The zero-order chi connectivity index (χ0) is 11.7. The Balaban J connectivity index is 2.17. The Hall–Kier alpha value is -0.650. The molecule has 1 saturated heterocycles. The minimum absolute atomic E-state index is 0.103. The monoisotopic (exact) mass is 241 g/mol. The Morgan fingerprint density at radius 1 is 1.50 bits per heavy atom. The molecule has 16 heavy (non-hydrogen) atoms. The molecule has 0 aliphatic carbocycles. The Morgan fingerprint density at radius 2 is 2.25 bits per heavy atom. The standard InChI is InChI=1S/C11H19N3OS/c1-8-6-13(3)4-5-14(8)11-12-9(2)10(7-15)16-11/h8,15H,4-7H2,1-3H3. The SMILES string of the molecule is Cc1nc(N2CCN(C)CC2C)sc1CO. The summed E-state index contributed by atoms with van der Waals surface area (Å²) in [7, 11) is 2.15. The molecule has 1 atom stereocenters. The fraction of sp³-hybridized carbons (Fsp3) is 0.727. The minimum atomic E-state index is 0.103. The van der Waals surface area contributed by atoms with Crippen LogP contribution < -0.4 is 4.90 Å². The lowest BCUT2D eigenvalue weighted by atomic mass is 10.2. The molecule has 2 heterocycles. The van der Waals surface area contributed by atoms with Crippen molar-refractivity contribution in [3.63, 3.8) is 0 Å². The number of thiazole rings is 1. The van der Waals surface area contributed by atoms with Gasteiger partial charge in [-0.1, -0.05) is 11.3 Å². The Kier molecular flexibility index (Phi) is 3.47. The Morgan fingerprint density at radius 3 is 2.81 bits per heavy atom. The third kappa shape index (κ3) is 2.21. The first-order valence-corrected chi connectivity index (χ1v) is 6.46. The number of aliphatic hydroxyl groups excluding tert-OH is 1. The van der Waals surface area contributed by atoms with E-state index in [4.69, 9.17) is 0 Å². The average molecular weight is 241 g/mol. The molecule has 1 aromatic heterocycles. The molecule has 0 aromatic carbocycles. The summed E-state index contributed by atoms with van der Waals surface area (Å²) in [5.41, 5.74) is 0.966. The zero-order valence-electron chi connectivity index (χ0n) is 10.1. The lowest BCUT2D eigenvalue weighted by molar-refractivity contribution is 0.275. The van der Waals surface area contributed by atoms with Gasteiger partial charge in [-0.05, 0) is 20.9 Å². The third-order valence-corrected chi connectivity index (χ3v) is 4.28. The van der Waals surface area contributed by atoms with Gasteiger partial charge < -0.3 is 14.9 Å². The molecule has 0 amide bonds. The van der Waals surface area contributed by atoms with Crippen LogP contribution in [0, 0.1) is 6.92 Å². The van der Waals surface area contributed by atoms with Gasteiger partial charge in [0.1, 0.15) is 0 Å². The van der Waals surface area contributed by atoms with E-state index < -0.39 is 0 Å². The molecule has 1 unspecified atom stereocenters. The van der Waals surface area contributed by atoms with Crippen LogP contribution in [0.25, 0.3) is 0 Å². The highest BCUT2D eigenvalue weighted by molar-refractivity contribution is 7.15. The predicted octanol–water partition coefficient (Wildman–Crippen LogP) is 1.08. The second-order valence-electron chi connectivity index (χ2n) is 4.47. The quantitative estimate of drug-likeness (QED) is 0.841. The molecule has 1 fully saturated rings. The van der Waals surface area contributed by atoms with Crippen molar-refractivity contribution >= 4 is 16.5 Å². The molecular formula is C11H19N3OS. The molecule has 0 radical (unpaired) electrons. The van der Waals surface area contributed by atoms with Crippen molar-refractivity contribution < 1.29 is 5.11 Å². The first kappa shape index (κ1) is 11.8. The second-order valence-corrected chi connectivity index (χ2v) is 5.53. The van der Waals surface area contributed by atoms with Gasteiger partial charge in [-0.2, -0.15) is 0 Å². The van der Waals surface area contributed by atoms with E-state index in [2.05, 4.69) is 28.8 Å². The van der Waals surface area contributed by atoms with E-state index in [1.807, 2.05) is 6.92 Å². The summed E-state index contributed by atoms with van der Waals surface area (Å²) in [5, 5.41) is 10.2. The largest absolute Gasteiger partial charge is 0.391 e. The second kappa shape index (κ2) is 4.69. The topological polar surface area (TPSA) is 39.6 Å². The van der Waals surface area contributed by atoms with E-state index in [0.29, 0.717) is 6.04 Å². The molecule has 5 heteroatoms. The van der Waals surface area contributed by atoms with Gasteiger partial charge in [-0.15, -0.1) is 0 Å². The molecule has 1 aliphatic rings. The number of piperazine rings is 1. The fourth-order valence-corrected chi connectivity index (χ4v) is 3.16. The summed E-state index contributed by atoms with van der Waals surface area (Å²) >= 11 is 1.62. The third-order valence-electron chi connectivity index (χ3n) is 3.10. The van der Waals surface area contributed by atoms with Crippen molar-refractivity contribution in [2.45, 2.75) is 26.5 Å². The van der Waals surface area contributed by atoms with Crippen LogP contribution in [0.1, 0.15) is 17.5 Å². The Labute approximate surface area is 101 Å². The van der Waals surface area contributed by atoms with Gasteiger partial charge >= 0.3 is 0 Å². The number of aryl methyl sites for hydroxylation is 1. The predicted molar refractivity (Wildman–Crippen MR) is 67.1 cm³/mol. The molecule has 0 spiro atoms. The van der Waals surface area contributed by atoms with Crippen molar-refractivity contribution in [3.05, 3.63) is 10.6 Å². The molecule has 4 nitrogen and oxygen atoms in total. The van der Waals surface area contributed by atoms with Crippen LogP contribution in [0.4, 0.5) is 5.13 Å². The number of aliphatic hydroxyl groups is 1. The van der Waals surface area contributed by atoms with Crippen LogP contribution in [0.3, 0.4) is 0 Å². The first-order valence-electron chi connectivity index (χ1n) is 5.64. The maximum Gasteiger partial charge on any atom is 0.186 e. The van der Waals surface area contributed by atoms with E-state index in [1.54, 1.807) is 11.3 Å². The highest BCUT2D eigenvalue weighted by atomic mass is 32.1. The maximum absolute atomic E-state index is 9.18. The number of anilines is 1. The van der Waals surface area contributed by atoms with Crippen LogP contribution in [0.5, 0.6) is 0 Å². The van der Waals surface area contributed by atoms with Crippen LogP contribution in [-0.4, -0.2) is 47.7 Å². The number of hydrogen-bond donors (Lipinski definition) is 1. The molecular weight excluding hydrogens is 222 g/mol. The van der Waals surface area contributed by atoms with Crippen LogP contribution in [0.15, 0.2) is 0 Å². The fourth-order valence-electron chi connectivity index (χ4n) is 2.11. The van der Waals surface area contributed by atoms with Gasteiger partial charge in [-0.3, -0.25) is 0 Å². The van der Waals surface area contributed by atoms with E-state index in [9.17, 15) is 5.11 Å². The molecule has 0 bridgehead atoms. The maximum atomic E-state index is 9.18. The van der Waals surface area contributed by atoms with Gasteiger partial charge in [0.2, 0.25) is 0 Å². The minimum Gasteiger partial charge on any atom is -0.391 e. The molecule has 1 aliphatic heterocycles. The van der Waals surface area contributed by atoms with Gasteiger partial charge in [-0.25, -0.2) is 4.98 Å². The average Bonchev–Trinajstić information content (AvgIpc) is 2.59. The van der Waals surface area contributed by atoms with Crippen molar-refractivity contribution in [2.24, 2.45) is 0 Å². The van der Waals surface area contributed by atoms with Gasteiger partial charge in [0.25, 0.3) is 0 Å². The van der Waals surface area contributed by atoms with Gasteiger partial charge in [0, 0.05) is 25.7 Å². The highest BCUT2D eigenvalue weighted by Gasteiger charge is 2.24. The van der Waals surface area contributed by atoms with Crippen molar-refractivity contribution in [1.82, 2.24) is 9.88 Å². The highest BCUT2D eigenvalue weighted by Crippen LogP contribution is 2.28. The molecule has 1 aromatic rings. The lowest BCUT2D eigenvalue weighted by Crippen LogP contribution is -2.50. The molecule has 2 rings (SSSR count). The first-order chi connectivity index (χ1) is 7.61. The van der Waals surface area contributed by atoms with E-state index >= 15 is 0 Å². The van der Waals surface area contributed by atoms with E-state index in [-0.39, 0.29) is 6.61 Å². The summed E-state index contributed by atoms with van der Waals surface area (Å²) in [5.74, 6) is 0. The number of aromatic nitrogens is 1. The molecule has 1 N–H and O–H groups in total. The van der Waals surface area contributed by atoms with E-state index in [1.165, 1.54) is 0 Å². The zero-order valence-corrected chi connectivity index (χ0v) is 10.9. The molecule has 0 saturated carbocycles.